The highest BCUT2D eigenvalue weighted by Gasteiger charge is 2.45. The number of fused-ring (bicyclic) bond motifs is 1. The SMILES string of the molecule is COCC(=O)N(C)[C@@H](c1ccc(NC2Cc3ccccc3C2(C)C)cc1)C(F)(F)F. The first-order chi connectivity index (χ1) is 14.1. The molecular formula is C23H27F3N2O2. The molecule has 0 bridgehead atoms. The summed E-state index contributed by atoms with van der Waals surface area (Å²) in [5, 5.41) is 3.47. The average molecular weight is 420 g/mol. The quantitative estimate of drug-likeness (QED) is 0.736. The number of carbonyl (C=O) groups excluding carboxylic acids is 1. The first-order valence-electron chi connectivity index (χ1n) is 9.82. The third-order valence-corrected chi connectivity index (χ3v) is 5.93. The van der Waals surface area contributed by atoms with Gasteiger partial charge in [-0.2, -0.15) is 13.2 Å². The van der Waals surface area contributed by atoms with E-state index in [0.717, 1.165) is 19.2 Å². The summed E-state index contributed by atoms with van der Waals surface area (Å²) < 4.78 is 45.8. The van der Waals surface area contributed by atoms with Crippen LogP contribution in [-0.2, 0) is 21.4 Å². The van der Waals surface area contributed by atoms with Crippen molar-refractivity contribution in [3.63, 3.8) is 0 Å². The lowest BCUT2D eigenvalue weighted by molar-refractivity contribution is -0.190. The molecule has 4 nitrogen and oxygen atoms in total. The van der Waals surface area contributed by atoms with E-state index in [1.54, 1.807) is 12.1 Å². The maximum Gasteiger partial charge on any atom is 0.413 e. The van der Waals surface area contributed by atoms with Crippen LogP contribution in [-0.4, -0.2) is 43.8 Å². The highest BCUT2D eigenvalue weighted by atomic mass is 19.4. The molecule has 0 saturated carbocycles. The maximum absolute atomic E-state index is 13.7. The molecule has 0 heterocycles. The third-order valence-electron chi connectivity index (χ3n) is 5.93. The number of likely N-dealkylation sites (N-methyl/N-ethyl adjacent to an activating group) is 1. The summed E-state index contributed by atoms with van der Waals surface area (Å²) in [7, 11) is 2.42. The minimum absolute atomic E-state index is 0.00831. The molecular weight excluding hydrogens is 393 g/mol. The summed E-state index contributed by atoms with van der Waals surface area (Å²) in [6, 6.07) is 12.5. The van der Waals surface area contributed by atoms with Gasteiger partial charge in [-0.1, -0.05) is 50.2 Å². The molecule has 0 saturated heterocycles. The highest BCUT2D eigenvalue weighted by molar-refractivity contribution is 5.77. The van der Waals surface area contributed by atoms with Gasteiger partial charge in [0.05, 0.1) is 0 Å². The van der Waals surface area contributed by atoms with Crippen LogP contribution in [0.1, 0.15) is 36.6 Å². The van der Waals surface area contributed by atoms with Crippen molar-refractivity contribution in [2.45, 2.75) is 43.9 Å². The Bertz CT molecular complexity index is 894. The van der Waals surface area contributed by atoms with Crippen molar-refractivity contribution < 1.29 is 22.7 Å². The monoisotopic (exact) mass is 420 g/mol. The lowest BCUT2D eigenvalue weighted by atomic mass is 9.83. The number of anilines is 1. The molecule has 0 spiro atoms. The van der Waals surface area contributed by atoms with Crippen molar-refractivity contribution in [1.29, 1.82) is 0 Å². The first kappa shape index (κ1) is 22.2. The number of rotatable bonds is 6. The van der Waals surface area contributed by atoms with Crippen LogP contribution in [0.2, 0.25) is 0 Å². The van der Waals surface area contributed by atoms with E-state index in [9.17, 15) is 18.0 Å². The van der Waals surface area contributed by atoms with Gasteiger partial charge in [-0.15, -0.1) is 0 Å². The Morgan fingerprint density at radius 1 is 1.20 bits per heavy atom. The Kier molecular flexibility index (Phi) is 6.13. The molecule has 7 heteroatoms. The van der Waals surface area contributed by atoms with Crippen molar-refractivity contribution in [2.75, 3.05) is 26.1 Å². The summed E-state index contributed by atoms with van der Waals surface area (Å²) in [6.07, 6.45) is -3.74. The second-order valence-electron chi connectivity index (χ2n) is 8.28. The lowest BCUT2D eigenvalue weighted by Crippen LogP contribution is -2.41. The number of carbonyl (C=O) groups is 1. The molecule has 2 atom stereocenters. The summed E-state index contributed by atoms with van der Waals surface area (Å²) in [4.78, 5) is 12.7. The standard InChI is InChI=1S/C23H27F3N2O2/c1-22(2)18-8-6-5-7-16(18)13-19(22)27-17-11-9-15(10-12-17)21(23(24,25)26)28(3)20(29)14-30-4/h5-12,19,21,27H,13-14H2,1-4H3/t19?,21-/m0/s1. The summed E-state index contributed by atoms with van der Waals surface area (Å²) >= 11 is 0. The van der Waals surface area contributed by atoms with Crippen LogP contribution in [0, 0.1) is 0 Å². The fraction of sp³-hybridized carbons (Fsp3) is 0.435. The molecule has 1 amide bonds. The smallest absolute Gasteiger partial charge is 0.381 e. The molecule has 0 aromatic heterocycles. The average Bonchev–Trinajstić information content (AvgIpc) is 2.93. The normalized spacial score (nSPS) is 18.6. The molecule has 162 valence electrons. The summed E-state index contributed by atoms with van der Waals surface area (Å²) in [5.41, 5.74) is 3.23. The molecule has 1 aliphatic rings. The number of nitrogens with zero attached hydrogens (tertiary/aromatic N) is 1. The number of alkyl halides is 3. The van der Waals surface area contributed by atoms with Crippen molar-refractivity contribution in [2.24, 2.45) is 0 Å². The van der Waals surface area contributed by atoms with Gasteiger partial charge >= 0.3 is 6.18 Å². The van der Waals surface area contributed by atoms with Crippen molar-refractivity contribution in [3.05, 3.63) is 65.2 Å². The molecule has 0 aliphatic heterocycles. The maximum atomic E-state index is 13.7. The molecule has 1 aliphatic carbocycles. The number of hydrogen-bond acceptors (Lipinski definition) is 3. The van der Waals surface area contributed by atoms with Gasteiger partial charge < -0.3 is 15.0 Å². The number of ether oxygens (including phenoxy) is 1. The van der Waals surface area contributed by atoms with Gasteiger partial charge in [0, 0.05) is 31.3 Å². The fourth-order valence-corrected chi connectivity index (χ4v) is 4.19. The fourth-order valence-electron chi connectivity index (χ4n) is 4.19. The Morgan fingerprint density at radius 3 is 2.40 bits per heavy atom. The molecule has 1 unspecified atom stereocenters. The topological polar surface area (TPSA) is 41.6 Å². The zero-order valence-electron chi connectivity index (χ0n) is 17.6. The van der Waals surface area contributed by atoms with E-state index >= 15 is 0 Å². The number of halogens is 3. The summed E-state index contributed by atoms with van der Waals surface area (Å²) in [6.45, 7) is 3.93. The number of benzene rings is 2. The Balaban J connectivity index is 1.79. The largest absolute Gasteiger partial charge is 0.413 e. The zero-order valence-corrected chi connectivity index (χ0v) is 17.6. The van der Waals surface area contributed by atoms with Gasteiger partial charge in [0.1, 0.15) is 6.61 Å². The number of amides is 1. The van der Waals surface area contributed by atoms with E-state index in [1.807, 2.05) is 12.1 Å². The van der Waals surface area contributed by atoms with Crippen molar-refractivity contribution in [3.8, 4) is 0 Å². The van der Waals surface area contributed by atoms with E-state index < -0.39 is 24.7 Å². The van der Waals surface area contributed by atoms with Crippen LogP contribution < -0.4 is 5.32 Å². The second kappa shape index (κ2) is 8.30. The van der Waals surface area contributed by atoms with Crippen LogP contribution in [0.25, 0.3) is 0 Å². The number of hydrogen-bond donors (Lipinski definition) is 1. The van der Waals surface area contributed by atoms with Crippen LogP contribution in [0.3, 0.4) is 0 Å². The van der Waals surface area contributed by atoms with E-state index in [0.29, 0.717) is 4.90 Å². The first-order valence-corrected chi connectivity index (χ1v) is 9.82. The van der Waals surface area contributed by atoms with Gasteiger partial charge in [-0.05, 0) is 35.2 Å². The second-order valence-corrected chi connectivity index (χ2v) is 8.28. The lowest BCUT2D eigenvalue weighted by Gasteiger charge is -2.31. The van der Waals surface area contributed by atoms with E-state index in [4.69, 9.17) is 4.74 Å². The molecule has 1 N–H and O–H groups in total. The summed E-state index contributed by atoms with van der Waals surface area (Å²) in [5.74, 6) is -0.729. The zero-order chi connectivity index (χ0) is 22.1. The molecule has 0 fully saturated rings. The highest BCUT2D eigenvalue weighted by Crippen LogP contribution is 2.41. The van der Waals surface area contributed by atoms with E-state index in [-0.39, 0.29) is 17.0 Å². The van der Waals surface area contributed by atoms with Gasteiger partial charge in [-0.3, -0.25) is 4.79 Å². The molecule has 30 heavy (non-hydrogen) atoms. The molecule has 2 aromatic rings. The minimum atomic E-state index is -4.60. The Hall–Kier alpha value is -2.54. The van der Waals surface area contributed by atoms with E-state index in [2.05, 4.69) is 31.3 Å². The Morgan fingerprint density at radius 2 is 1.83 bits per heavy atom. The van der Waals surface area contributed by atoms with Crippen LogP contribution in [0.5, 0.6) is 0 Å². The Labute approximate surface area is 175 Å². The van der Waals surface area contributed by atoms with Gasteiger partial charge in [0.15, 0.2) is 6.04 Å². The predicted octanol–water partition coefficient (Wildman–Crippen LogP) is 4.71. The minimum Gasteiger partial charge on any atom is -0.381 e. The van der Waals surface area contributed by atoms with Crippen molar-refractivity contribution in [1.82, 2.24) is 4.90 Å². The third kappa shape index (κ3) is 4.31. The van der Waals surface area contributed by atoms with Crippen LogP contribution in [0.15, 0.2) is 48.5 Å². The van der Waals surface area contributed by atoms with Gasteiger partial charge in [0.2, 0.25) is 5.91 Å². The molecule has 2 aromatic carbocycles. The van der Waals surface area contributed by atoms with Gasteiger partial charge in [-0.25, -0.2) is 0 Å². The van der Waals surface area contributed by atoms with Crippen molar-refractivity contribution >= 4 is 11.6 Å². The number of methoxy groups -OCH3 is 1. The van der Waals surface area contributed by atoms with E-state index in [1.165, 1.54) is 30.4 Å². The van der Waals surface area contributed by atoms with Crippen LogP contribution >= 0.6 is 0 Å². The van der Waals surface area contributed by atoms with Gasteiger partial charge in [0.25, 0.3) is 0 Å². The van der Waals surface area contributed by atoms with Crippen LogP contribution in [0.4, 0.5) is 18.9 Å². The molecule has 0 radical (unpaired) electrons. The predicted molar refractivity (Wildman–Crippen MR) is 110 cm³/mol. The molecule has 3 rings (SSSR count). The number of nitrogens with one attached hydrogen (secondary N) is 1.